The Morgan fingerprint density at radius 2 is 1.92 bits per heavy atom. The van der Waals surface area contributed by atoms with Gasteiger partial charge in [-0.05, 0) is 32.3 Å². The van der Waals surface area contributed by atoms with Crippen LogP contribution in [0.1, 0.15) is 21.9 Å². The summed E-state index contributed by atoms with van der Waals surface area (Å²) in [6.07, 6.45) is 0. The number of rotatable bonds is 6. The number of urea groups is 1. The van der Waals surface area contributed by atoms with Crippen LogP contribution in [0, 0.1) is 13.8 Å². The third kappa shape index (κ3) is 3.33. The van der Waals surface area contributed by atoms with Crippen molar-refractivity contribution in [1.29, 1.82) is 0 Å². The molecule has 25 heavy (non-hydrogen) atoms. The van der Waals surface area contributed by atoms with Gasteiger partial charge in [0.05, 0.1) is 18.9 Å². The second kappa shape index (κ2) is 6.77. The Hall–Kier alpha value is -2.52. The number of aryl methyl sites for hydroxylation is 2. The molecule has 1 saturated heterocycles. The maximum absolute atomic E-state index is 12.5. The summed E-state index contributed by atoms with van der Waals surface area (Å²) < 4.78 is 5.12. The van der Waals surface area contributed by atoms with Crippen LogP contribution >= 0.6 is 11.3 Å². The summed E-state index contributed by atoms with van der Waals surface area (Å²) in [5.41, 5.74) is 1.67. The lowest BCUT2D eigenvalue weighted by atomic mass is 10.2. The molecule has 0 aliphatic carbocycles. The monoisotopic (exact) mass is 362 g/mol. The van der Waals surface area contributed by atoms with Crippen molar-refractivity contribution in [3.05, 3.63) is 39.4 Å². The summed E-state index contributed by atoms with van der Waals surface area (Å²) in [7, 11) is 1.76. The summed E-state index contributed by atoms with van der Waals surface area (Å²) in [6, 6.07) is 3.07. The maximum Gasteiger partial charge on any atom is 0.335 e. The van der Waals surface area contributed by atoms with E-state index >= 15 is 0 Å². The van der Waals surface area contributed by atoms with Gasteiger partial charge in [-0.1, -0.05) is 11.2 Å². The van der Waals surface area contributed by atoms with Crippen molar-refractivity contribution in [2.24, 2.45) is 0 Å². The Kier molecular flexibility index (Phi) is 4.69. The number of carbonyl (C=O) groups is 3. The second-order valence-electron chi connectivity index (χ2n) is 5.94. The van der Waals surface area contributed by atoms with Crippen LogP contribution in [0.4, 0.5) is 4.79 Å². The summed E-state index contributed by atoms with van der Waals surface area (Å²) in [5, 5.41) is 5.74. The number of imide groups is 2. The summed E-state index contributed by atoms with van der Waals surface area (Å²) >= 11 is 1.43. The first-order valence-electron chi connectivity index (χ1n) is 7.68. The molecule has 0 atom stereocenters. The third-order valence-electron chi connectivity index (χ3n) is 4.02. The Morgan fingerprint density at radius 3 is 2.52 bits per heavy atom. The molecule has 2 aromatic heterocycles. The van der Waals surface area contributed by atoms with E-state index in [0.29, 0.717) is 12.3 Å². The number of nitrogens with zero attached hydrogens (tertiary/aromatic N) is 4. The smallest absolute Gasteiger partial charge is 0.335 e. The van der Waals surface area contributed by atoms with Crippen LogP contribution in [0.3, 0.4) is 0 Å². The summed E-state index contributed by atoms with van der Waals surface area (Å²) in [6.45, 7) is 4.23. The lowest BCUT2D eigenvalue weighted by molar-refractivity contribution is -0.144. The third-order valence-corrected chi connectivity index (χ3v) is 4.88. The van der Waals surface area contributed by atoms with Crippen molar-refractivity contribution in [3.63, 3.8) is 0 Å². The lowest BCUT2D eigenvalue weighted by Crippen LogP contribution is -2.40. The number of thiophene rings is 1. The van der Waals surface area contributed by atoms with Gasteiger partial charge in [0.25, 0.3) is 0 Å². The molecule has 1 fully saturated rings. The molecule has 0 aromatic carbocycles. The van der Waals surface area contributed by atoms with Crippen molar-refractivity contribution < 1.29 is 18.9 Å². The van der Waals surface area contributed by atoms with Gasteiger partial charge in [0, 0.05) is 17.0 Å². The van der Waals surface area contributed by atoms with Crippen molar-refractivity contribution >= 4 is 29.2 Å². The number of hydrogen-bond donors (Lipinski definition) is 0. The molecule has 0 bridgehead atoms. The van der Waals surface area contributed by atoms with E-state index in [9.17, 15) is 14.4 Å². The molecular formula is C16H18N4O4S. The Bertz CT molecular complexity index is 795. The van der Waals surface area contributed by atoms with E-state index in [2.05, 4.69) is 5.16 Å². The van der Waals surface area contributed by atoms with Gasteiger partial charge in [-0.2, -0.15) is 0 Å². The fourth-order valence-electron chi connectivity index (χ4n) is 2.66. The lowest BCUT2D eigenvalue weighted by Gasteiger charge is -2.22. The average molecular weight is 362 g/mol. The minimum absolute atomic E-state index is 0.0222. The molecule has 9 heteroatoms. The molecule has 0 saturated carbocycles. The summed E-state index contributed by atoms with van der Waals surface area (Å²) in [4.78, 5) is 41.4. The molecule has 8 nitrogen and oxygen atoms in total. The van der Waals surface area contributed by atoms with Crippen LogP contribution in [0.15, 0.2) is 22.0 Å². The fourth-order valence-corrected chi connectivity index (χ4v) is 3.35. The van der Waals surface area contributed by atoms with Gasteiger partial charge in [-0.3, -0.25) is 19.4 Å². The Labute approximate surface area is 148 Å². The highest BCUT2D eigenvalue weighted by atomic mass is 32.1. The molecule has 1 aliphatic heterocycles. The van der Waals surface area contributed by atoms with Crippen LogP contribution in [0.2, 0.25) is 0 Å². The Morgan fingerprint density at radius 1 is 1.20 bits per heavy atom. The standard InChI is InChI=1S/C16H18N4O4S/c1-10-13(11(2)24-17-10)8-18(3)9-20-15(22)14(21)19(16(20)23)7-12-5-4-6-25-12/h4-6H,7-9H2,1-3H3. The first kappa shape index (κ1) is 17.3. The van der Waals surface area contributed by atoms with E-state index in [1.54, 1.807) is 11.9 Å². The van der Waals surface area contributed by atoms with Crippen LogP contribution in [-0.4, -0.2) is 51.4 Å². The van der Waals surface area contributed by atoms with Crippen molar-refractivity contribution in [2.45, 2.75) is 26.9 Å². The van der Waals surface area contributed by atoms with Gasteiger partial charge in [0.1, 0.15) is 5.76 Å². The van der Waals surface area contributed by atoms with Crippen molar-refractivity contribution in [3.8, 4) is 0 Å². The molecular weight excluding hydrogens is 344 g/mol. The highest BCUT2D eigenvalue weighted by Crippen LogP contribution is 2.20. The van der Waals surface area contributed by atoms with Gasteiger partial charge < -0.3 is 4.52 Å². The quantitative estimate of drug-likeness (QED) is 0.575. The maximum atomic E-state index is 12.5. The number of aromatic nitrogens is 1. The normalized spacial score (nSPS) is 15.1. The predicted molar refractivity (Wildman–Crippen MR) is 89.4 cm³/mol. The largest absolute Gasteiger partial charge is 0.361 e. The van der Waals surface area contributed by atoms with E-state index in [-0.39, 0.29) is 13.2 Å². The zero-order valence-electron chi connectivity index (χ0n) is 14.2. The molecule has 0 unspecified atom stereocenters. The van der Waals surface area contributed by atoms with E-state index in [4.69, 9.17) is 4.52 Å². The van der Waals surface area contributed by atoms with Crippen LogP contribution in [0.5, 0.6) is 0 Å². The topological polar surface area (TPSA) is 87.0 Å². The molecule has 132 valence electrons. The predicted octanol–water partition coefficient (Wildman–Crippen LogP) is 1.73. The second-order valence-corrected chi connectivity index (χ2v) is 6.98. The molecule has 0 N–H and O–H groups in total. The van der Waals surface area contributed by atoms with Crippen LogP contribution < -0.4 is 0 Å². The van der Waals surface area contributed by atoms with Crippen LogP contribution in [-0.2, 0) is 22.7 Å². The minimum atomic E-state index is -0.799. The number of amides is 4. The van der Waals surface area contributed by atoms with E-state index < -0.39 is 17.8 Å². The molecule has 2 aromatic rings. The fraction of sp³-hybridized carbons (Fsp3) is 0.375. The van der Waals surface area contributed by atoms with Crippen molar-refractivity contribution in [1.82, 2.24) is 19.9 Å². The van der Waals surface area contributed by atoms with E-state index in [0.717, 1.165) is 25.9 Å². The molecule has 3 rings (SSSR count). The minimum Gasteiger partial charge on any atom is -0.361 e. The first-order chi connectivity index (χ1) is 11.9. The number of hydrogen-bond acceptors (Lipinski definition) is 7. The zero-order chi connectivity index (χ0) is 18.1. The van der Waals surface area contributed by atoms with Crippen molar-refractivity contribution in [2.75, 3.05) is 13.7 Å². The van der Waals surface area contributed by atoms with Crippen LogP contribution in [0.25, 0.3) is 0 Å². The molecule has 4 amide bonds. The number of carbonyl (C=O) groups excluding carboxylic acids is 3. The van der Waals surface area contributed by atoms with E-state index in [1.165, 1.54) is 11.3 Å². The summed E-state index contributed by atoms with van der Waals surface area (Å²) in [5.74, 6) is -0.893. The molecule has 1 aliphatic rings. The van der Waals surface area contributed by atoms with E-state index in [1.807, 2.05) is 31.4 Å². The highest BCUT2D eigenvalue weighted by Gasteiger charge is 2.44. The van der Waals surface area contributed by atoms with Gasteiger partial charge in [-0.25, -0.2) is 9.69 Å². The van der Waals surface area contributed by atoms with Gasteiger partial charge in [-0.15, -0.1) is 11.3 Å². The van der Waals surface area contributed by atoms with Gasteiger partial charge in [0.15, 0.2) is 0 Å². The molecule has 3 heterocycles. The van der Waals surface area contributed by atoms with Gasteiger partial charge in [0.2, 0.25) is 0 Å². The SMILES string of the molecule is Cc1noc(C)c1CN(C)CN1C(=O)C(=O)N(Cc2cccs2)C1=O. The zero-order valence-corrected chi connectivity index (χ0v) is 15.0. The van der Waals surface area contributed by atoms with Gasteiger partial charge >= 0.3 is 17.8 Å². The highest BCUT2D eigenvalue weighted by molar-refractivity contribution is 7.09. The first-order valence-corrected chi connectivity index (χ1v) is 8.56. The molecule has 0 spiro atoms. The molecule has 0 radical (unpaired) electrons. The average Bonchev–Trinajstić information content (AvgIpc) is 3.25. The Balaban J connectivity index is 1.68.